The topological polar surface area (TPSA) is 80.0 Å². The number of aromatic nitrogens is 2. The Hall–Kier alpha value is -2.41. The molecule has 6 nitrogen and oxygen atoms in total. The van der Waals surface area contributed by atoms with Crippen LogP contribution in [0.15, 0.2) is 34.2 Å². The molecule has 1 aromatic carbocycles. The van der Waals surface area contributed by atoms with E-state index in [9.17, 15) is 4.79 Å². The Balaban J connectivity index is 1.61. The molecule has 0 aliphatic carbocycles. The molecule has 2 aromatic heterocycles. The highest BCUT2D eigenvalue weighted by Gasteiger charge is 2.14. The molecule has 7 heteroatoms. The predicted molar refractivity (Wildman–Crippen MR) is 84.6 cm³/mol. The number of nitrogens with zero attached hydrogens (tertiary/aromatic N) is 2. The molecule has 22 heavy (non-hydrogen) atoms. The first kappa shape index (κ1) is 14.5. The van der Waals surface area contributed by atoms with Gasteiger partial charge in [-0.1, -0.05) is 23.4 Å². The van der Waals surface area contributed by atoms with E-state index in [-0.39, 0.29) is 18.6 Å². The Bertz CT molecular complexity index is 796. The van der Waals surface area contributed by atoms with Crippen molar-refractivity contribution in [2.24, 2.45) is 0 Å². The summed E-state index contributed by atoms with van der Waals surface area (Å²) in [5, 5.41) is 12.6. The number of benzene rings is 1. The van der Waals surface area contributed by atoms with E-state index >= 15 is 0 Å². The summed E-state index contributed by atoms with van der Waals surface area (Å²) in [5.41, 5.74) is 1.12. The molecule has 0 spiro atoms. The molecule has 3 rings (SSSR count). The zero-order valence-corrected chi connectivity index (χ0v) is 13.1. The number of amides is 2. The van der Waals surface area contributed by atoms with E-state index in [1.165, 1.54) is 10.1 Å². The van der Waals surface area contributed by atoms with Crippen LogP contribution < -0.4 is 10.6 Å². The molecule has 114 valence electrons. The lowest BCUT2D eigenvalue weighted by atomic mass is 10.1. The van der Waals surface area contributed by atoms with Gasteiger partial charge in [-0.05, 0) is 29.3 Å². The summed E-state index contributed by atoms with van der Waals surface area (Å²) in [6.45, 7) is 3.91. The van der Waals surface area contributed by atoms with Crippen molar-refractivity contribution in [3.05, 3.63) is 46.9 Å². The largest absolute Gasteiger partial charge is 0.340 e. The Kier molecular flexibility index (Phi) is 4.06. The molecule has 1 unspecified atom stereocenters. The third-order valence-corrected chi connectivity index (χ3v) is 4.28. The minimum absolute atomic E-state index is 0.0804. The molecule has 0 saturated heterocycles. The lowest BCUT2D eigenvalue weighted by Gasteiger charge is -2.13. The van der Waals surface area contributed by atoms with Gasteiger partial charge in [-0.25, -0.2) is 4.79 Å². The van der Waals surface area contributed by atoms with Crippen LogP contribution in [-0.4, -0.2) is 16.2 Å². The van der Waals surface area contributed by atoms with Gasteiger partial charge in [0.15, 0.2) is 5.82 Å². The fourth-order valence-corrected chi connectivity index (χ4v) is 3.29. The maximum atomic E-state index is 12.0. The van der Waals surface area contributed by atoms with Gasteiger partial charge in [-0.2, -0.15) is 4.98 Å². The first-order chi connectivity index (χ1) is 10.6. The zero-order chi connectivity index (χ0) is 15.5. The van der Waals surface area contributed by atoms with Crippen molar-refractivity contribution in [2.45, 2.75) is 26.4 Å². The summed E-state index contributed by atoms with van der Waals surface area (Å²) < 4.78 is 6.07. The second-order valence-electron chi connectivity index (χ2n) is 4.97. The van der Waals surface area contributed by atoms with Crippen LogP contribution in [0, 0.1) is 6.92 Å². The van der Waals surface area contributed by atoms with Crippen molar-refractivity contribution in [1.82, 2.24) is 20.8 Å². The van der Waals surface area contributed by atoms with Crippen molar-refractivity contribution < 1.29 is 9.32 Å². The van der Waals surface area contributed by atoms with E-state index in [0.29, 0.717) is 11.7 Å². The molecule has 1 atom stereocenters. The van der Waals surface area contributed by atoms with Gasteiger partial charge < -0.3 is 15.2 Å². The summed E-state index contributed by atoms with van der Waals surface area (Å²) in [5.74, 6) is 0.941. The zero-order valence-electron chi connectivity index (χ0n) is 12.3. The Morgan fingerprint density at radius 3 is 3.00 bits per heavy atom. The summed E-state index contributed by atoms with van der Waals surface area (Å²) in [4.78, 5) is 16.0. The summed E-state index contributed by atoms with van der Waals surface area (Å²) in [6, 6.07) is 7.83. The van der Waals surface area contributed by atoms with E-state index in [4.69, 9.17) is 4.52 Å². The molecule has 3 aromatic rings. The first-order valence-corrected chi connectivity index (χ1v) is 7.81. The van der Waals surface area contributed by atoms with Gasteiger partial charge in [0.1, 0.15) is 0 Å². The van der Waals surface area contributed by atoms with Gasteiger partial charge in [0.25, 0.3) is 0 Å². The van der Waals surface area contributed by atoms with Gasteiger partial charge in [0, 0.05) is 11.6 Å². The van der Waals surface area contributed by atoms with E-state index in [1.54, 1.807) is 18.3 Å². The molecule has 0 bridgehead atoms. The van der Waals surface area contributed by atoms with Crippen molar-refractivity contribution in [3.8, 4) is 0 Å². The number of urea groups is 1. The highest BCUT2D eigenvalue weighted by molar-refractivity contribution is 7.17. The lowest BCUT2D eigenvalue weighted by Crippen LogP contribution is -2.36. The average Bonchev–Trinajstić information content (AvgIpc) is 3.11. The third kappa shape index (κ3) is 3.09. The summed E-state index contributed by atoms with van der Waals surface area (Å²) in [6.07, 6.45) is 0. The monoisotopic (exact) mass is 316 g/mol. The third-order valence-electron chi connectivity index (χ3n) is 3.30. The Morgan fingerprint density at radius 1 is 1.41 bits per heavy atom. The molecule has 2 N–H and O–H groups in total. The van der Waals surface area contributed by atoms with Crippen LogP contribution in [0.1, 0.15) is 30.2 Å². The Morgan fingerprint density at radius 2 is 2.23 bits per heavy atom. The van der Waals surface area contributed by atoms with Crippen LogP contribution in [0.5, 0.6) is 0 Å². The molecule has 2 heterocycles. The SMILES string of the molecule is Cc1nc(CNC(=O)NC(C)c2csc3ccccc23)no1. The molecule has 0 radical (unpaired) electrons. The number of hydrogen-bond donors (Lipinski definition) is 2. The highest BCUT2D eigenvalue weighted by Crippen LogP contribution is 2.29. The fourth-order valence-electron chi connectivity index (χ4n) is 2.23. The van der Waals surface area contributed by atoms with Crippen LogP contribution >= 0.6 is 11.3 Å². The number of nitrogens with one attached hydrogen (secondary N) is 2. The molecule has 0 fully saturated rings. The van der Waals surface area contributed by atoms with Gasteiger partial charge >= 0.3 is 6.03 Å². The first-order valence-electron chi connectivity index (χ1n) is 6.93. The maximum absolute atomic E-state index is 12.0. The summed E-state index contributed by atoms with van der Waals surface area (Å²) >= 11 is 1.68. The number of rotatable bonds is 4. The summed E-state index contributed by atoms with van der Waals surface area (Å²) in [7, 11) is 0. The van der Waals surface area contributed by atoms with Crippen LogP contribution in [0.25, 0.3) is 10.1 Å². The standard InChI is InChI=1S/C15H16N4O2S/c1-9(12-8-22-13-6-4-3-5-11(12)13)17-15(20)16-7-14-18-10(2)21-19-14/h3-6,8-9H,7H2,1-2H3,(H2,16,17,20). The number of hydrogen-bond acceptors (Lipinski definition) is 5. The number of fused-ring (bicyclic) bond motifs is 1. The van der Waals surface area contributed by atoms with E-state index in [1.807, 2.05) is 19.1 Å². The molecular weight excluding hydrogens is 300 g/mol. The van der Waals surface area contributed by atoms with Crippen molar-refractivity contribution in [1.29, 1.82) is 0 Å². The minimum Gasteiger partial charge on any atom is -0.340 e. The number of thiophene rings is 1. The van der Waals surface area contributed by atoms with Crippen molar-refractivity contribution in [2.75, 3.05) is 0 Å². The number of carbonyl (C=O) groups is 1. The van der Waals surface area contributed by atoms with Crippen LogP contribution in [0.3, 0.4) is 0 Å². The predicted octanol–water partition coefficient (Wildman–Crippen LogP) is 3.15. The second-order valence-corrected chi connectivity index (χ2v) is 5.88. The minimum atomic E-state index is -0.259. The molecule has 2 amide bonds. The number of aryl methyl sites for hydroxylation is 1. The van der Waals surface area contributed by atoms with Crippen LogP contribution in [0.2, 0.25) is 0 Å². The van der Waals surface area contributed by atoms with Gasteiger partial charge in [0.05, 0.1) is 12.6 Å². The fraction of sp³-hybridized carbons (Fsp3) is 0.267. The normalized spacial score (nSPS) is 12.3. The molecule has 0 aliphatic heterocycles. The smallest absolute Gasteiger partial charge is 0.315 e. The Labute approximate surface area is 131 Å². The molecular formula is C15H16N4O2S. The van der Waals surface area contributed by atoms with E-state index in [2.05, 4.69) is 38.3 Å². The highest BCUT2D eigenvalue weighted by atomic mass is 32.1. The van der Waals surface area contributed by atoms with Crippen molar-refractivity contribution in [3.63, 3.8) is 0 Å². The second kappa shape index (κ2) is 6.15. The number of carbonyl (C=O) groups excluding carboxylic acids is 1. The van der Waals surface area contributed by atoms with E-state index < -0.39 is 0 Å². The lowest BCUT2D eigenvalue weighted by molar-refractivity contribution is 0.237. The van der Waals surface area contributed by atoms with Crippen LogP contribution in [-0.2, 0) is 6.54 Å². The molecule has 0 aliphatic rings. The van der Waals surface area contributed by atoms with Gasteiger partial charge in [-0.3, -0.25) is 0 Å². The van der Waals surface area contributed by atoms with Gasteiger partial charge in [-0.15, -0.1) is 11.3 Å². The molecule has 0 saturated carbocycles. The van der Waals surface area contributed by atoms with Crippen molar-refractivity contribution >= 4 is 27.5 Å². The van der Waals surface area contributed by atoms with Crippen LogP contribution in [0.4, 0.5) is 4.79 Å². The quantitative estimate of drug-likeness (QED) is 0.775. The van der Waals surface area contributed by atoms with Gasteiger partial charge in [0.2, 0.25) is 5.89 Å². The maximum Gasteiger partial charge on any atom is 0.315 e. The van der Waals surface area contributed by atoms with E-state index in [0.717, 1.165) is 5.56 Å². The average molecular weight is 316 g/mol.